The SMILES string of the molecule is O=Cc1cc([N+](=O)[O-])c(N2CCCC(O)C2)cc1F. The molecule has 1 aromatic rings. The molecule has 1 saturated heterocycles. The van der Waals surface area contributed by atoms with E-state index in [0.29, 0.717) is 19.4 Å². The van der Waals surface area contributed by atoms with Gasteiger partial charge in [-0.1, -0.05) is 0 Å². The van der Waals surface area contributed by atoms with Crippen LogP contribution in [0.5, 0.6) is 0 Å². The summed E-state index contributed by atoms with van der Waals surface area (Å²) >= 11 is 0. The normalized spacial score (nSPS) is 19.3. The van der Waals surface area contributed by atoms with Crippen LogP contribution in [0.3, 0.4) is 0 Å². The summed E-state index contributed by atoms with van der Waals surface area (Å²) in [5.74, 6) is -0.796. The Morgan fingerprint density at radius 3 is 2.84 bits per heavy atom. The molecular weight excluding hydrogens is 255 g/mol. The fraction of sp³-hybridized carbons (Fsp3) is 0.417. The van der Waals surface area contributed by atoms with Gasteiger partial charge in [0, 0.05) is 25.2 Å². The molecule has 1 aliphatic heterocycles. The highest BCUT2D eigenvalue weighted by atomic mass is 19.1. The van der Waals surface area contributed by atoms with Crippen molar-refractivity contribution in [2.75, 3.05) is 18.0 Å². The first-order valence-corrected chi connectivity index (χ1v) is 5.89. The van der Waals surface area contributed by atoms with Crippen LogP contribution in [0.2, 0.25) is 0 Å². The van der Waals surface area contributed by atoms with Crippen LogP contribution in [0.25, 0.3) is 0 Å². The molecule has 1 atom stereocenters. The predicted molar refractivity (Wildman–Crippen MR) is 65.9 cm³/mol. The van der Waals surface area contributed by atoms with Crippen LogP contribution in [-0.4, -0.2) is 35.5 Å². The lowest BCUT2D eigenvalue weighted by atomic mass is 10.1. The van der Waals surface area contributed by atoms with Gasteiger partial charge in [0.05, 0.1) is 16.6 Å². The molecule has 0 amide bonds. The Morgan fingerprint density at radius 2 is 2.26 bits per heavy atom. The molecular formula is C12H13FN2O4. The van der Waals surface area contributed by atoms with E-state index in [2.05, 4.69) is 0 Å². The highest BCUT2D eigenvalue weighted by molar-refractivity contribution is 5.80. The largest absolute Gasteiger partial charge is 0.391 e. The van der Waals surface area contributed by atoms with E-state index >= 15 is 0 Å². The topological polar surface area (TPSA) is 83.7 Å². The first kappa shape index (κ1) is 13.4. The van der Waals surface area contributed by atoms with E-state index in [-0.39, 0.29) is 29.8 Å². The summed E-state index contributed by atoms with van der Waals surface area (Å²) in [6.07, 6.45) is 0.966. The summed E-state index contributed by atoms with van der Waals surface area (Å²) in [4.78, 5) is 22.6. The highest BCUT2D eigenvalue weighted by Gasteiger charge is 2.26. The quantitative estimate of drug-likeness (QED) is 0.510. The molecule has 1 fully saturated rings. The van der Waals surface area contributed by atoms with Gasteiger partial charge >= 0.3 is 0 Å². The first-order chi connectivity index (χ1) is 9.02. The number of nitrogens with zero attached hydrogens (tertiary/aromatic N) is 2. The van der Waals surface area contributed by atoms with Gasteiger partial charge in [-0.05, 0) is 12.8 Å². The average Bonchev–Trinajstić information content (AvgIpc) is 2.38. The molecule has 0 spiro atoms. The van der Waals surface area contributed by atoms with Crippen molar-refractivity contribution in [3.05, 3.63) is 33.6 Å². The number of hydrogen-bond donors (Lipinski definition) is 1. The average molecular weight is 268 g/mol. The fourth-order valence-corrected chi connectivity index (χ4v) is 2.23. The number of carbonyl (C=O) groups is 1. The second kappa shape index (κ2) is 5.31. The molecule has 19 heavy (non-hydrogen) atoms. The molecule has 1 aromatic carbocycles. The summed E-state index contributed by atoms with van der Waals surface area (Å²) in [5, 5.41) is 20.6. The second-order valence-electron chi connectivity index (χ2n) is 4.48. The van der Waals surface area contributed by atoms with Crippen LogP contribution in [0.4, 0.5) is 15.8 Å². The number of carbonyl (C=O) groups excluding carboxylic acids is 1. The van der Waals surface area contributed by atoms with E-state index in [1.165, 1.54) is 0 Å². The summed E-state index contributed by atoms with van der Waals surface area (Å²) < 4.78 is 13.6. The van der Waals surface area contributed by atoms with Crippen molar-refractivity contribution in [3.8, 4) is 0 Å². The molecule has 1 aliphatic rings. The third kappa shape index (κ3) is 2.70. The molecule has 0 aromatic heterocycles. The van der Waals surface area contributed by atoms with Gasteiger partial charge in [-0.2, -0.15) is 0 Å². The molecule has 0 radical (unpaired) electrons. The minimum atomic E-state index is -0.796. The zero-order valence-electron chi connectivity index (χ0n) is 10.1. The minimum absolute atomic E-state index is 0.104. The van der Waals surface area contributed by atoms with Gasteiger partial charge in [-0.15, -0.1) is 0 Å². The number of halogens is 1. The number of hydrogen-bond acceptors (Lipinski definition) is 5. The smallest absolute Gasteiger partial charge is 0.293 e. The molecule has 1 N–H and O–H groups in total. The van der Waals surface area contributed by atoms with E-state index in [1.54, 1.807) is 4.90 Å². The van der Waals surface area contributed by atoms with Crippen LogP contribution in [0, 0.1) is 15.9 Å². The van der Waals surface area contributed by atoms with Gasteiger partial charge in [0.1, 0.15) is 11.5 Å². The number of anilines is 1. The number of nitro groups is 1. The van der Waals surface area contributed by atoms with Crippen molar-refractivity contribution < 1.29 is 19.2 Å². The van der Waals surface area contributed by atoms with Crippen LogP contribution in [0.15, 0.2) is 12.1 Å². The molecule has 102 valence electrons. The van der Waals surface area contributed by atoms with Crippen LogP contribution in [-0.2, 0) is 0 Å². The maximum atomic E-state index is 13.6. The molecule has 0 bridgehead atoms. The minimum Gasteiger partial charge on any atom is -0.391 e. The first-order valence-electron chi connectivity index (χ1n) is 5.89. The zero-order chi connectivity index (χ0) is 14.0. The van der Waals surface area contributed by atoms with E-state index in [0.717, 1.165) is 12.1 Å². The van der Waals surface area contributed by atoms with Gasteiger partial charge in [0.15, 0.2) is 6.29 Å². The van der Waals surface area contributed by atoms with Crippen molar-refractivity contribution in [2.24, 2.45) is 0 Å². The number of benzene rings is 1. The van der Waals surface area contributed by atoms with Gasteiger partial charge in [-0.3, -0.25) is 14.9 Å². The van der Waals surface area contributed by atoms with Crippen molar-refractivity contribution in [1.29, 1.82) is 0 Å². The van der Waals surface area contributed by atoms with Crippen molar-refractivity contribution in [3.63, 3.8) is 0 Å². The van der Waals surface area contributed by atoms with E-state index in [9.17, 15) is 24.4 Å². The molecule has 1 unspecified atom stereocenters. The second-order valence-corrected chi connectivity index (χ2v) is 4.48. The zero-order valence-corrected chi connectivity index (χ0v) is 10.1. The Labute approximate surface area is 108 Å². The monoisotopic (exact) mass is 268 g/mol. The molecule has 7 heteroatoms. The lowest BCUT2D eigenvalue weighted by Crippen LogP contribution is -2.38. The highest BCUT2D eigenvalue weighted by Crippen LogP contribution is 2.32. The van der Waals surface area contributed by atoms with Crippen molar-refractivity contribution >= 4 is 17.7 Å². The van der Waals surface area contributed by atoms with Crippen LogP contribution < -0.4 is 4.90 Å². The number of aliphatic hydroxyl groups excluding tert-OH is 1. The Kier molecular flexibility index (Phi) is 3.75. The Balaban J connectivity index is 2.45. The van der Waals surface area contributed by atoms with E-state index in [4.69, 9.17) is 0 Å². The van der Waals surface area contributed by atoms with Crippen LogP contribution in [0.1, 0.15) is 23.2 Å². The number of aliphatic hydroxyl groups is 1. The molecule has 2 rings (SSSR count). The summed E-state index contributed by atoms with van der Waals surface area (Å²) in [7, 11) is 0. The number of piperidine rings is 1. The number of aldehydes is 1. The third-order valence-electron chi connectivity index (χ3n) is 3.15. The molecule has 1 heterocycles. The van der Waals surface area contributed by atoms with Gasteiger partial charge in [0.25, 0.3) is 5.69 Å². The van der Waals surface area contributed by atoms with Crippen molar-refractivity contribution in [2.45, 2.75) is 18.9 Å². The van der Waals surface area contributed by atoms with E-state index in [1.807, 2.05) is 0 Å². The number of β-amino-alcohol motifs (C(OH)–C–C–N with tert-alkyl or cyclic N) is 1. The Morgan fingerprint density at radius 1 is 1.53 bits per heavy atom. The Hall–Kier alpha value is -2.02. The predicted octanol–water partition coefficient (Wildman–Crippen LogP) is 1.51. The number of rotatable bonds is 3. The summed E-state index contributed by atoms with van der Waals surface area (Å²) in [6, 6.07) is 1.92. The maximum Gasteiger partial charge on any atom is 0.293 e. The standard InChI is InChI=1S/C12H13FN2O4/c13-10-5-11(14-3-1-2-9(17)6-14)12(15(18)19)4-8(10)7-16/h4-5,7,9,17H,1-3,6H2. The fourth-order valence-electron chi connectivity index (χ4n) is 2.23. The summed E-state index contributed by atoms with van der Waals surface area (Å²) in [5.41, 5.74) is -0.558. The third-order valence-corrected chi connectivity index (χ3v) is 3.15. The van der Waals surface area contributed by atoms with Crippen LogP contribution >= 0.6 is 0 Å². The maximum absolute atomic E-state index is 13.6. The molecule has 6 nitrogen and oxygen atoms in total. The molecule has 0 saturated carbocycles. The Bertz CT molecular complexity index is 521. The summed E-state index contributed by atoms with van der Waals surface area (Å²) in [6.45, 7) is 0.735. The van der Waals surface area contributed by atoms with Gasteiger partial charge < -0.3 is 10.0 Å². The lowest BCUT2D eigenvalue weighted by molar-refractivity contribution is -0.384. The molecule has 0 aliphatic carbocycles. The van der Waals surface area contributed by atoms with E-state index < -0.39 is 16.8 Å². The van der Waals surface area contributed by atoms with Gasteiger partial charge in [-0.25, -0.2) is 4.39 Å². The lowest BCUT2D eigenvalue weighted by Gasteiger charge is -2.31. The number of nitro benzene ring substituents is 1. The van der Waals surface area contributed by atoms with Gasteiger partial charge in [0.2, 0.25) is 0 Å². The van der Waals surface area contributed by atoms with Crippen molar-refractivity contribution in [1.82, 2.24) is 0 Å².